The van der Waals surface area contributed by atoms with Crippen LogP contribution in [0.15, 0.2) is 48.5 Å². The van der Waals surface area contributed by atoms with Gasteiger partial charge >= 0.3 is 0 Å². The summed E-state index contributed by atoms with van der Waals surface area (Å²) in [5.41, 5.74) is 1.32. The molecular weight excluding hydrogens is 439 g/mol. The van der Waals surface area contributed by atoms with Crippen molar-refractivity contribution >= 4 is 34.2 Å². The van der Waals surface area contributed by atoms with Crippen LogP contribution < -0.4 is 10.1 Å². The Morgan fingerprint density at radius 2 is 1.65 bits per heavy atom. The summed E-state index contributed by atoms with van der Waals surface area (Å²) in [5.74, 6) is 0.558. The summed E-state index contributed by atoms with van der Waals surface area (Å²) in [5, 5.41) is 2.95. The zero-order chi connectivity index (χ0) is 19.1. The van der Waals surface area contributed by atoms with Crippen molar-refractivity contribution in [3.8, 4) is 5.75 Å². The van der Waals surface area contributed by atoms with Crippen LogP contribution in [0.2, 0.25) is 0 Å². The van der Waals surface area contributed by atoms with E-state index in [1.165, 1.54) is 0 Å². The van der Waals surface area contributed by atoms with E-state index in [1.54, 1.807) is 0 Å². The summed E-state index contributed by atoms with van der Waals surface area (Å²) in [6, 6.07) is 16.0. The molecule has 0 unspecified atom stereocenters. The Kier molecular flexibility index (Phi) is 7.90. The van der Waals surface area contributed by atoms with Gasteiger partial charge in [-0.2, -0.15) is 0 Å². The van der Waals surface area contributed by atoms with Gasteiger partial charge in [-0.05, 0) is 86.7 Å². The van der Waals surface area contributed by atoms with Gasteiger partial charge in [0.05, 0.1) is 5.69 Å². The molecule has 0 spiro atoms. The van der Waals surface area contributed by atoms with Crippen LogP contribution >= 0.6 is 22.6 Å². The average Bonchev–Trinajstić information content (AvgIpc) is 2.59. The second-order valence-corrected chi connectivity index (χ2v) is 7.98. The molecule has 26 heavy (non-hydrogen) atoms. The van der Waals surface area contributed by atoms with Gasteiger partial charge in [-0.3, -0.25) is 9.69 Å². The number of ether oxygens (including phenoxy) is 1. The maximum atomic E-state index is 12.5. The van der Waals surface area contributed by atoms with E-state index in [-0.39, 0.29) is 5.91 Å². The number of halogens is 1. The fraction of sp³-hybridized carbons (Fsp3) is 0.381. The molecule has 0 saturated heterocycles. The molecule has 0 fully saturated rings. The number of anilines is 1. The van der Waals surface area contributed by atoms with E-state index in [4.69, 9.17) is 4.74 Å². The van der Waals surface area contributed by atoms with Crippen molar-refractivity contribution in [1.82, 2.24) is 4.90 Å². The minimum Gasteiger partial charge on any atom is -0.490 e. The minimum absolute atomic E-state index is 0.136. The highest BCUT2D eigenvalue weighted by Crippen LogP contribution is 2.24. The van der Waals surface area contributed by atoms with Crippen molar-refractivity contribution in [2.45, 2.75) is 39.8 Å². The van der Waals surface area contributed by atoms with Gasteiger partial charge in [0.1, 0.15) is 12.4 Å². The molecule has 0 atom stereocenters. The van der Waals surface area contributed by atoms with Gasteiger partial charge in [0.2, 0.25) is 0 Å². The highest BCUT2D eigenvalue weighted by molar-refractivity contribution is 14.1. The summed E-state index contributed by atoms with van der Waals surface area (Å²) in [6.45, 7) is 10.2. The summed E-state index contributed by atoms with van der Waals surface area (Å²) in [7, 11) is 0. The second kappa shape index (κ2) is 9.92. The molecule has 0 saturated carbocycles. The van der Waals surface area contributed by atoms with Gasteiger partial charge in [-0.1, -0.05) is 12.1 Å². The number of amides is 1. The van der Waals surface area contributed by atoms with E-state index in [1.807, 2.05) is 48.5 Å². The monoisotopic (exact) mass is 466 g/mol. The zero-order valence-electron chi connectivity index (χ0n) is 15.8. The van der Waals surface area contributed by atoms with Crippen molar-refractivity contribution < 1.29 is 9.53 Å². The molecule has 5 heteroatoms. The smallest absolute Gasteiger partial charge is 0.255 e. The third-order valence-corrected chi connectivity index (χ3v) is 4.89. The first-order valence-electron chi connectivity index (χ1n) is 8.93. The molecule has 0 aliphatic heterocycles. The molecule has 0 aromatic heterocycles. The highest BCUT2D eigenvalue weighted by Gasteiger charge is 2.14. The molecule has 2 aromatic rings. The maximum absolute atomic E-state index is 12.5. The summed E-state index contributed by atoms with van der Waals surface area (Å²) in [4.78, 5) is 14.8. The number of hydrogen-bond donors (Lipinski definition) is 1. The lowest BCUT2D eigenvalue weighted by Gasteiger charge is -2.30. The average molecular weight is 466 g/mol. The van der Waals surface area contributed by atoms with Crippen molar-refractivity contribution in [2.24, 2.45) is 0 Å². The number of hydrogen-bond acceptors (Lipinski definition) is 3. The van der Waals surface area contributed by atoms with Crippen LogP contribution in [0.5, 0.6) is 5.75 Å². The molecule has 1 N–H and O–H groups in total. The molecule has 0 aliphatic carbocycles. The molecule has 1 amide bonds. The van der Waals surface area contributed by atoms with Crippen molar-refractivity contribution in [1.29, 1.82) is 0 Å². The Bertz CT molecular complexity index is 706. The van der Waals surface area contributed by atoms with Crippen molar-refractivity contribution in [3.63, 3.8) is 0 Å². The largest absolute Gasteiger partial charge is 0.490 e. The summed E-state index contributed by atoms with van der Waals surface area (Å²) < 4.78 is 7.07. The number of benzene rings is 2. The number of rotatable bonds is 8. The molecule has 2 rings (SSSR count). The van der Waals surface area contributed by atoms with Crippen LogP contribution in [0.4, 0.5) is 5.69 Å². The normalized spacial score (nSPS) is 11.2. The van der Waals surface area contributed by atoms with Gasteiger partial charge in [-0.25, -0.2) is 0 Å². The Labute approximate surface area is 170 Å². The predicted octanol–water partition coefficient (Wildman–Crippen LogP) is 5.04. The SMILES string of the molecule is CC(C)N(CCOc1ccccc1NC(=O)c1ccc(I)cc1)C(C)C. The minimum atomic E-state index is -0.136. The Hall–Kier alpha value is -1.60. The number of nitrogens with one attached hydrogen (secondary N) is 1. The van der Waals surface area contributed by atoms with Crippen LogP contribution in [-0.2, 0) is 0 Å². The Balaban J connectivity index is 2.01. The van der Waals surface area contributed by atoms with E-state index in [0.29, 0.717) is 35.7 Å². The van der Waals surface area contributed by atoms with Crippen LogP contribution in [-0.4, -0.2) is 36.0 Å². The first kappa shape index (κ1) is 20.7. The van der Waals surface area contributed by atoms with E-state index in [0.717, 1.165) is 10.1 Å². The number of nitrogens with zero attached hydrogens (tertiary/aromatic N) is 1. The molecular formula is C21H27IN2O2. The van der Waals surface area contributed by atoms with Gasteiger partial charge in [0.15, 0.2) is 0 Å². The third-order valence-electron chi connectivity index (χ3n) is 4.18. The molecule has 0 aliphatic rings. The molecule has 2 aromatic carbocycles. The van der Waals surface area contributed by atoms with E-state index in [2.05, 4.69) is 60.5 Å². The summed E-state index contributed by atoms with van der Waals surface area (Å²) in [6.07, 6.45) is 0. The Morgan fingerprint density at radius 1 is 1.04 bits per heavy atom. The molecule has 0 bridgehead atoms. The molecule has 140 valence electrons. The first-order valence-corrected chi connectivity index (χ1v) is 10.0. The third kappa shape index (κ3) is 5.99. The topological polar surface area (TPSA) is 41.6 Å². The predicted molar refractivity (Wildman–Crippen MR) is 116 cm³/mol. The number of carbonyl (C=O) groups excluding carboxylic acids is 1. The lowest BCUT2D eigenvalue weighted by atomic mass is 10.2. The molecule has 0 heterocycles. The molecule has 0 radical (unpaired) electrons. The van der Waals surface area contributed by atoms with Crippen LogP contribution in [0, 0.1) is 3.57 Å². The number of carbonyl (C=O) groups is 1. The fourth-order valence-corrected chi connectivity index (χ4v) is 3.22. The van der Waals surface area contributed by atoms with Gasteiger partial charge in [0.25, 0.3) is 5.91 Å². The van der Waals surface area contributed by atoms with Crippen molar-refractivity contribution in [3.05, 3.63) is 57.7 Å². The van der Waals surface area contributed by atoms with E-state index >= 15 is 0 Å². The fourth-order valence-electron chi connectivity index (χ4n) is 2.87. The molecule has 4 nitrogen and oxygen atoms in total. The maximum Gasteiger partial charge on any atom is 0.255 e. The van der Waals surface area contributed by atoms with E-state index in [9.17, 15) is 4.79 Å². The quantitative estimate of drug-likeness (QED) is 0.555. The standard InChI is InChI=1S/C21H27IN2O2/c1-15(2)24(16(3)4)13-14-26-20-8-6-5-7-19(20)23-21(25)17-9-11-18(22)12-10-17/h5-12,15-16H,13-14H2,1-4H3,(H,23,25). The van der Waals surface area contributed by atoms with E-state index < -0.39 is 0 Å². The second-order valence-electron chi connectivity index (χ2n) is 6.73. The van der Waals surface area contributed by atoms with Gasteiger partial charge in [-0.15, -0.1) is 0 Å². The highest BCUT2D eigenvalue weighted by atomic mass is 127. The zero-order valence-corrected chi connectivity index (χ0v) is 18.0. The lowest BCUT2D eigenvalue weighted by molar-refractivity contribution is 0.102. The van der Waals surface area contributed by atoms with Crippen LogP contribution in [0.1, 0.15) is 38.1 Å². The summed E-state index contributed by atoms with van der Waals surface area (Å²) >= 11 is 2.22. The number of para-hydroxylation sites is 2. The van der Waals surface area contributed by atoms with Gasteiger partial charge in [0, 0.05) is 27.8 Å². The van der Waals surface area contributed by atoms with Gasteiger partial charge < -0.3 is 10.1 Å². The van der Waals surface area contributed by atoms with Crippen molar-refractivity contribution in [2.75, 3.05) is 18.5 Å². The Morgan fingerprint density at radius 3 is 2.27 bits per heavy atom. The van der Waals surface area contributed by atoms with Crippen LogP contribution in [0.25, 0.3) is 0 Å². The lowest BCUT2D eigenvalue weighted by Crippen LogP contribution is -2.39. The first-order chi connectivity index (χ1) is 12.4. The van der Waals surface area contributed by atoms with Crippen LogP contribution in [0.3, 0.4) is 0 Å².